The van der Waals surface area contributed by atoms with Crippen LogP contribution in [0.4, 0.5) is 4.39 Å². The predicted molar refractivity (Wildman–Crippen MR) is 110 cm³/mol. The summed E-state index contributed by atoms with van der Waals surface area (Å²) in [5.41, 5.74) is 2.84. The van der Waals surface area contributed by atoms with E-state index in [1.807, 2.05) is 36.4 Å². The SMILES string of the molecule is Nn1c(Cc2ccccc2F)nnc1SC(c1ccccc1)c1ccccc1. The van der Waals surface area contributed by atoms with Gasteiger partial charge in [0, 0.05) is 6.42 Å². The summed E-state index contributed by atoms with van der Waals surface area (Å²) in [5.74, 6) is 6.50. The van der Waals surface area contributed by atoms with Gasteiger partial charge in [0.15, 0.2) is 5.82 Å². The van der Waals surface area contributed by atoms with Crippen molar-refractivity contribution in [2.75, 3.05) is 5.84 Å². The summed E-state index contributed by atoms with van der Waals surface area (Å²) in [5, 5.41) is 9.06. The van der Waals surface area contributed by atoms with Crippen molar-refractivity contribution in [1.82, 2.24) is 14.9 Å². The summed E-state index contributed by atoms with van der Waals surface area (Å²) in [6, 6.07) is 27.0. The number of thioether (sulfide) groups is 1. The van der Waals surface area contributed by atoms with Crippen molar-refractivity contribution in [2.24, 2.45) is 0 Å². The summed E-state index contributed by atoms with van der Waals surface area (Å²) in [6.45, 7) is 0. The first-order chi connectivity index (χ1) is 13.7. The lowest BCUT2D eigenvalue weighted by Crippen LogP contribution is -2.15. The summed E-state index contributed by atoms with van der Waals surface area (Å²) >= 11 is 1.53. The lowest BCUT2D eigenvalue weighted by molar-refractivity contribution is 0.610. The Hall–Kier alpha value is -3.12. The van der Waals surface area contributed by atoms with Crippen LogP contribution in [0.2, 0.25) is 0 Å². The largest absolute Gasteiger partial charge is 0.336 e. The molecular formula is C22H19FN4S. The lowest BCUT2D eigenvalue weighted by Gasteiger charge is -2.17. The van der Waals surface area contributed by atoms with Crippen LogP contribution in [0, 0.1) is 5.82 Å². The summed E-state index contributed by atoms with van der Waals surface area (Å²) in [4.78, 5) is 0. The monoisotopic (exact) mass is 390 g/mol. The quantitative estimate of drug-likeness (QED) is 0.386. The van der Waals surface area contributed by atoms with Crippen molar-refractivity contribution in [3.8, 4) is 0 Å². The van der Waals surface area contributed by atoms with Crippen molar-refractivity contribution >= 4 is 11.8 Å². The van der Waals surface area contributed by atoms with Crippen LogP contribution in [0.3, 0.4) is 0 Å². The molecule has 0 radical (unpaired) electrons. The van der Waals surface area contributed by atoms with Gasteiger partial charge in [-0.3, -0.25) is 0 Å². The Morgan fingerprint density at radius 3 is 2.00 bits per heavy atom. The van der Waals surface area contributed by atoms with Crippen LogP contribution in [-0.2, 0) is 6.42 Å². The molecule has 4 aromatic rings. The fourth-order valence-electron chi connectivity index (χ4n) is 3.01. The zero-order valence-corrected chi connectivity index (χ0v) is 15.9. The van der Waals surface area contributed by atoms with E-state index >= 15 is 0 Å². The van der Waals surface area contributed by atoms with Gasteiger partial charge >= 0.3 is 0 Å². The maximum atomic E-state index is 14.0. The molecule has 3 aromatic carbocycles. The van der Waals surface area contributed by atoms with Crippen LogP contribution in [0.1, 0.15) is 27.8 Å². The molecule has 0 amide bonds. The Balaban J connectivity index is 1.63. The van der Waals surface area contributed by atoms with Gasteiger partial charge in [0.05, 0.1) is 5.25 Å². The van der Waals surface area contributed by atoms with Crippen LogP contribution in [-0.4, -0.2) is 14.9 Å². The highest BCUT2D eigenvalue weighted by molar-refractivity contribution is 7.99. The molecule has 0 aliphatic carbocycles. The summed E-state index contributed by atoms with van der Waals surface area (Å²) < 4.78 is 15.4. The molecule has 1 aromatic heterocycles. The molecule has 6 heteroatoms. The third kappa shape index (κ3) is 3.92. The molecule has 4 nitrogen and oxygen atoms in total. The summed E-state index contributed by atoms with van der Waals surface area (Å²) in [6.07, 6.45) is 0.290. The molecule has 0 bridgehead atoms. The second-order valence-electron chi connectivity index (χ2n) is 6.36. The molecule has 4 rings (SSSR count). The van der Waals surface area contributed by atoms with Crippen molar-refractivity contribution < 1.29 is 4.39 Å². The number of rotatable bonds is 6. The van der Waals surface area contributed by atoms with Gasteiger partial charge in [0.25, 0.3) is 0 Å². The zero-order chi connectivity index (χ0) is 19.3. The van der Waals surface area contributed by atoms with Gasteiger partial charge in [-0.1, -0.05) is 90.6 Å². The molecule has 0 saturated carbocycles. The third-order valence-electron chi connectivity index (χ3n) is 4.47. The number of hydrogen-bond acceptors (Lipinski definition) is 4. The fraction of sp³-hybridized carbons (Fsp3) is 0.0909. The normalized spacial score (nSPS) is 11.1. The topological polar surface area (TPSA) is 56.7 Å². The number of nitrogens with zero attached hydrogens (tertiary/aromatic N) is 3. The summed E-state index contributed by atoms with van der Waals surface area (Å²) in [7, 11) is 0. The molecule has 28 heavy (non-hydrogen) atoms. The van der Waals surface area contributed by atoms with Crippen molar-refractivity contribution in [3.05, 3.63) is 113 Å². The number of hydrogen-bond donors (Lipinski definition) is 1. The van der Waals surface area contributed by atoms with Crippen LogP contribution in [0.15, 0.2) is 90.1 Å². The Morgan fingerprint density at radius 2 is 1.39 bits per heavy atom. The number of nitrogens with two attached hydrogens (primary N) is 1. The predicted octanol–water partition coefficient (Wildman–Crippen LogP) is 4.60. The van der Waals surface area contributed by atoms with Gasteiger partial charge in [-0.05, 0) is 22.8 Å². The van der Waals surface area contributed by atoms with E-state index in [9.17, 15) is 4.39 Å². The molecule has 1 heterocycles. The molecule has 0 saturated heterocycles. The minimum Gasteiger partial charge on any atom is -0.336 e. The molecule has 0 aliphatic heterocycles. The van der Waals surface area contributed by atoms with Crippen LogP contribution < -0.4 is 5.84 Å². The van der Waals surface area contributed by atoms with E-state index in [4.69, 9.17) is 5.84 Å². The smallest absolute Gasteiger partial charge is 0.210 e. The van der Waals surface area contributed by atoms with Gasteiger partial charge < -0.3 is 5.84 Å². The standard InChI is InChI=1S/C22H19FN4S/c23-19-14-8-7-13-18(19)15-20-25-26-22(27(20)24)28-21(16-9-3-1-4-10-16)17-11-5-2-6-12-17/h1-14,21H,15,24H2. The maximum absolute atomic E-state index is 14.0. The van der Waals surface area contributed by atoms with E-state index in [0.717, 1.165) is 11.1 Å². The van der Waals surface area contributed by atoms with E-state index in [0.29, 0.717) is 16.5 Å². The van der Waals surface area contributed by atoms with E-state index < -0.39 is 0 Å². The first-order valence-electron chi connectivity index (χ1n) is 8.91. The number of nitrogen functional groups attached to an aromatic ring is 1. The van der Waals surface area contributed by atoms with Gasteiger partial charge in [-0.25, -0.2) is 9.07 Å². The molecule has 0 fully saturated rings. The third-order valence-corrected chi connectivity index (χ3v) is 5.74. The second-order valence-corrected chi connectivity index (χ2v) is 7.43. The van der Waals surface area contributed by atoms with Crippen molar-refractivity contribution in [2.45, 2.75) is 16.8 Å². The van der Waals surface area contributed by atoms with E-state index in [-0.39, 0.29) is 17.5 Å². The first kappa shape index (κ1) is 18.3. The Labute approximate surface area is 167 Å². The molecular weight excluding hydrogens is 371 g/mol. The van der Waals surface area contributed by atoms with Crippen LogP contribution >= 0.6 is 11.8 Å². The second kappa shape index (κ2) is 8.27. The average Bonchev–Trinajstić information content (AvgIpc) is 3.08. The highest BCUT2D eigenvalue weighted by atomic mass is 32.2. The molecule has 0 atom stereocenters. The maximum Gasteiger partial charge on any atom is 0.210 e. The van der Waals surface area contributed by atoms with Crippen molar-refractivity contribution in [3.63, 3.8) is 0 Å². The zero-order valence-electron chi connectivity index (χ0n) is 15.1. The number of halogens is 1. The minimum atomic E-state index is -0.272. The minimum absolute atomic E-state index is 0.0233. The van der Waals surface area contributed by atoms with Gasteiger partial charge in [0.2, 0.25) is 5.16 Å². The average molecular weight is 390 g/mol. The Kier molecular flexibility index (Phi) is 5.39. The molecule has 0 spiro atoms. The van der Waals surface area contributed by atoms with Crippen LogP contribution in [0.25, 0.3) is 0 Å². The number of aromatic nitrogens is 3. The van der Waals surface area contributed by atoms with Gasteiger partial charge in [0.1, 0.15) is 5.82 Å². The molecule has 140 valence electrons. The fourth-order valence-corrected chi connectivity index (χ4v) is 4.11. The van der Waals surface area contributed by atoms with Crippen molar-refractivity contribution in [1.29, 1.82) is 0 Å². The molecule has 2 N–H and O–H groups in total. The van der Waals surface area contributed by atoms with Gasteiger partial charge in [-0.2, -0.15) is 0 Å². The molecule has 0 unspecified atom stereocenters. The first-order valence-corrected chi connectivity index (χ1v) is 9.79. The lowest BCUT2D eigenvalue weighted by atomic mass is 10.0. The highest BCUT2D eigenvalue weighted by Crippen LogP contribution is 2.39. The molecule has 0 aliphatic rings. The van der Waals surface area contributed by atoms with E-state index in [1.54, 1.807) is 18.2 Å². The van der Waals surface area contributed by atoms with Crippen LogP contribution in [0.5, 0.6) is 0 Å². The Morgan fingerprint density at radius 1 is 0.821 bits per heavy atom. The Bertz CT molecular complexity index is 1010. The number of benzene rings is 3. The highest BCUT2D eigenvalue weighted by Gasteiger charge is 2.20. The van der Waals surface area contributed by atoms with E-state index in [1.165, 1.54) is 22.5 Å². The van der Waals surface area contributed by atoms with E-state index in [2.05, 4.69) is 34.5 Å². The van der Waals surface area contributed by atoms with Gasteiger partial charge in [-0.15, -0.1) is 10.2 Å².